The Bertz CT molecular complexity index is 206. The zero-order chi connectivity index (χ0) is 9.57. The van der Waals surface area contributed by atoms with Gasteiger partial charge in [0, 0.05) is 6.04 Å². The van der Waals surface area contributed by atoms with Gasteiger partial charge >= 0.3 is 0 Å². The maximum atomic E-state index is 5.31. The van der Waals surface area contributed by atoms with E-state index in [4.69, 9.17) is 6.42 Å². The molecule has 1 nitrogen and oxygen atoms in total. The van der Waals surface area contributed by atoms with Crippen LogP contribution < -0.4 is 5.32 Å². The molecule has 0 aromatic carbocycles. The Balaban J connectivity index is 2.56. The normalized spacial score (nSPS) is 27.7. The highest BCUT2D eigenvalue weighted by molar-refractivity contribution is 5.19. The summed E-state index contributed by atoms with van der Waals surface area (Å²) < 4.78 is 0. The first kappa shape index (κ1) is 9.61. The third-order valence-corrected chi connectivity index (χ3v) is 3.69. The number of rotatable bonds is 2. The van der Waals surface area contributed by atoms with Gasteiger partial charge in [0.15, 0.2) is 0 Å². The van der Waals surface area contributed by atoms with Crippen molar-refractivity contribution in [2.75, 3.05) is 0 Å². The van der Waals surface area contributed by atoms with Crippen molar-refractivity contribution < 1.29 is 0 Å². The molecule has 1 saturated carbocycles. The fourth-order valence-electron chi connectivity index (χ4n) is 1.91. The zero-order valence-corrected chi connectivity index (χ0v) is 8.73. The standard InChI is InChI=1S/C11H19N/c1-7-8(2)12-9-10(3,4)11(9,5)6/h1,8-9,12H,2-6H3. The third-order valence-electron chi connectivity index (χ3n) is 3.69. The Morgan fingerprint density at radius 3 is 1.92 bits per heavy atom. The summed E-state index contributed by atoms with van der Waals surface area (Å²) in [6.07, 6.45) is 5.31. The number of hydrogen-bond donors (Lipinski definition) is 1. The zero-order valence-electron chi connectivity index (χ0n) is 8.73. The average molecular weight is 165 g/mol. The van der Waals surface area contributed by atoms with Crippen molar-refractivity contribution in [3.05, 3.63) is 0 Å². The summed E-state index contributed by atoms with van der Waals surface area (Å²) in [5.74, 6) is 2.70. The molecule has 1 aliphatic carbocycles. The lowest BCUT2D eigenvalue weighted by Crippen LogP contribution is -2.30. The van der Waals surface area contributed by atoms with E-state index in [0.29, 0.717) is 16.9 Å². The van der Waals surface area contributed by atoms with Crippen LogP contribution in [0.1, 0.15) is 34.6 Å². The molecule has 0 aromatic heterocycles. The molecule has 0 heterocycles. The van der Waals surface area contributed by atoms with Crippen molar-refractivity contribution in [2.24, 2.45) is 10.8 Å². The first-order valence-corrected chi connectivity index (χ1v) is 4.56. The molecule has 1 N–H and O–H groups in total. The highest BCUT2D eigenvalue weighted by atomic mass is 15.1. The summed E-state index contributed by atoms with van der Waals surface area (Å²) in [5.41, 5.74) is 0.774. The third kappa shape index (κ3) is 1.15. The van der Waals surface area contributed by atoms with Gasteiger partial charge in [-0.3, -0.25) is 0 Å². The van der Waals surface area contributed by atoms with E-state index in [1.54, 1.807) is 0 Å². The van der Waals surface area contributed by atoms with Crippen molar-refractivity contribution in [3.63, 3.8) is 0 Å². The van der Waals surface area contributed by atoms with Gasteiger partial charge in [-0.15, -0.1) is 6.42 Å². The summed E-state index contributed by atoms with van der Waals surface area (Å²) in [5, 5.41) is 3.45. The average Bonchev–Trinajstić information content (AvgIpc) is 2.32. The Hall–Kier alpha value is -0.480. The fraction of sp³-hybridized carbons (Fsp3) is 0.818. The van der Waals surface area contributed by atoms with Crippen molar-refractivity contribution >= 4 is 0 Å². The lowest BCUT2D eigenvalue weighted by Gasteiger charge is -2.08. The Morgan fingerprint density at radius 1 is 1.25 bits per heavy atom. The molecule has 0 saturated heterocycles. The van der Waals surface area contributed by atoms with Gasteiger partial charge < -0.3 is 5.32 Å². The minimum atomic E-state index is 0.191. The van der Waals surface area contributed by atoms with E-state index in [0.717, 1.165) is 0 Å². The molecule has 1 unspecified atom stereocenters. The second-order valence-electron chi connectivity index (χ2n) is 4.93. The molecule has 1 atom stereocenters. The SMILES string of the molecule is C#CC(C)NC1C(C)(C)C1(C)C. The molecule has 0 aromatic rings. The topological polar surface area (TPSA) is 12.0 Å². The van der Waals surface area contributed by atoms with E-state index in [2.05, 4.69) is 38.9 Å². The lowest BCUT2D eigenvalue weighted by molar-refractivity contribution is 0.457. The predicted octanol–water partition coefficient (Wildman–Crippen LogP) is 2.03. The number of terminal acetylenes is 1. The van der Waals surface area contributed by atoms with Crippen LogP contribution in [0.2, 0.25) is 0 Å². The monoisotopic (exact) mass is 165 g/mol. The molecular weight excluding hydrogens is 146 g/mol. The Morgan fingerprint density at radius 2 is 1.67 bits per heavy atom. The lowest BCUT2D eigenvalue weighted by atomic mass is 10.0. The van der Waals surface area contributed by atoms with Gasteiger partial charge in [0.2, 0.25) is 0 Å². The summed E-state index contributed by atoms with van der Waals surface area (Å²) in [4.78, 5) is 0. The van der Waals surface area contributed by atoms with E-state index in [1.165, 1.54) is 0 Å². The molecule has 12 heavy (non-hydrogen) atoms. The summed E-state index contributed by atoms with van der Waals surface area (Å²) in [6, 6.07) is 0.757. The number of hydrogen-bond acceptors (Lipinski definition) is 1. The smallest absolute Gasteiger partial charge is 0.0660 e. The van der Waals surface area contributed by atoms with E-state index >= 15 is 0 Å². The maximum absolute atomic E-state index is 5.31. The molecule has 0 bridgehead atoms. The van der Waals surface area contributed by atoms with Crippen LogP contribution in [0, 0.1) is 23.2 Å². The molecule has 0 aliphatic heterocycles. The minimum Gasteiger partial charge on any atom is -0.300 e. The van der Waals surface area contributed by atoms with Crippen molar-refractivity contribution in [1.29, 1.82) is 0 Å². The van der Waals surface area contributed by atoms with Crippen LogP contribution in [-0.4, -0.2) is 12.1 Å². The summed E-state index contributed by atoms with van der Waals surface area (Å²) in [7, 11) is 0. The largest absolute Gasteiger partial charge is 0.300 e. The van der Waals surface area contributed by atoms with Crippen molar-refractivity contribution in [1.82, 2.24) is 5.32 Å². The molecule has 0 amide bonds. The van der Waals surface area contributed by atoms with Crippen LogP contribution in [0.5, 0.6) is 0 Å². The van der Waals surface area contributed by atoms with Gasteiger partial charge in [0.25, 0.3) is 0 Å². The summed E-state index contributed by atoms with van der Waals surface area (Å²) in [6.45, 7) is 11.2. The first-order valence-electron chi connectivity index (χ1n) is 4.56. The van der Waals surface area contributed by atoms with Crippen molar-refractivity contribution in [2.45, 2.75) is 46.7 Å². The molecule has 1 fully saturated rings. The quantitative estimate of drug-likeness (QED) is 0.617. The Kier molecular flexibility index (Phi) is 2.00. The maximum Gasteiger partial charge on any atom is 0.0660 e. The van der Waals surface area contributed by atoms with Gasteiger partial charge in [-0.25, -0.2) is 0 Å². The van der Waals surface area contributed by atoms with Crippen LogP contribution in [0.25, 0.3) is 0 Å². The molecule has 0 spiro atoms. The van der Waals surface area contributed by atoms with Crippen LogP contribution in [0.15, 0.2) is 0 Å². The van der Waals surface area contributed by atoms with Crippen LogP contribution in [-0.2, 0) is 0 Å². The predicted molar refractivity (Wildman–Crippen MR) is 52.8 cm³/mol. The second-order valence-corrected chi connectivity index (χ2v) is 4.93. The van der Waals surface area contributed by atoms with E-state index in [9.17, 15) is 0 Å². The molecule has 68 valence electrons. The highest BCUT2D eigenvalue weighted by Gasteiger charge is 2.64. The second kappa shape index (κ2) is 2.50. The molecule has 1 rings (SSSR count). The summed E-state index contributed by atoms with van der Waals surface area (Å²) >= 11 is 0. The first-order chi connectivity index (χ1) is 5.34. The van der Waals surface area contributed by atoms with E-state index in [-0.39, 0.29) is 6.04 Å². The van der Waals surface area contributed by atoms with E-state index in [1.807, 2.05) is 6.92 Å². The van der Waals surface area contributed by atoms with Gasteiger partial charge in [-0.2, -0.15) is 0 Å². The van der Waals surface area contributed by atoms with Crippen LogP contribution in [0.3, 0.4) is 0 Å². The molecule has 0 radical (unpaired) electrons. The van der Waals surface area contributed by atoms with E-state index < -0.39 is 0 Å². The minimum absolute atomic E-state index is 0.191. The Labute approximate surface area is 75.9 Å². The molecular formula is C11H19N. The van der Waals surface area contributed by atoms with Gasteiger partial charge in [-0.05, 0) is 17.8 Å². The van der Waals surface area contributed by atoms with Gasteiger partial charge in [0.1, 0.15) is 0 Å². The molecule has 1 aliphatic rings. The number of nitrogens with one attached hydrogen (secondary N) is 1. The van der Waals surface area contributed by atoms with Crippen LogP contribution >= 0.6 is 0 Å². The van der Waals surface area contributed by atoms with Gasteiger partial charge in [-0.1, -0.05) is 33.6 Å². The fourth-order valence-corrected chi connectivity index (χ4v) is 1.91. The highest BCUT2D eigenvalue weighted by Crippen LogP contribution is 2.62. The molecule has 1 heteroatoms. The van der Waals surface area contributed by atoms with Crippen LogP contribution in [0.4, 0.5) is 0 Å². The van der Waals surface area contributed by atoms with Crippen molar-refractivity contribution in [3.8, 4) is 12.3 Å². The van der Waals surface area contributed by atoms with Gasteiger partial charge in [0.05, 0.1) is 6.04 Å².